The molecule has 0 spiro atoms. The second-order valence-corrected chi connectivity index (χ2v) is 5.03. The van der Waals surface area contributed by atoms with E-state index in [1.165, 1.54) is 0 Å². The standard InChI is InChI=1S/C13H25N3O3/c1-3-6-11(12(17)18)15-13(19)14-10-7-5-8-16(4-2)9-10/h10-11H,3-9H2,1-2H3,(H,17,18)(H2,14,15,19)/t10?,11-/m1/s1. The van der Waals surface area contributed by atoms with Crippen LogP contribution >= 0.6 is 0 Å². The summed E-state index contributed by atoms with van der Waals surface area (Å²) in [5.41, 5.74) is 0. The number of piperidine rings is 1. The lowest BCUT2D eigenvalue weighted by atomic mass is 10.1. The molecule has 1 saturated heterocycles. The van der Waals surface area contributed by atoms with Crippen molar-refractivity contribution in [2.24, 2.45) is 0 Å². The van der Waals surface area contributed by atoms with Crippen LogP contribution in [-0.4, -0.2) is 53.7 Å². The number of carboxylic acids is 1. The molecular formula is C13H25N3O3. The van der Waals surface area contributed by atoms with E-state index in [-0.39, 0.29) is 12.1 Å². The highest BCUT2D eigenvalue weighted by molar-refractivity contribution is 5.82. The molecule has 2 amide bonds. The molecule has 110 valence electrons. The molecule has 19 heavy (non-hydrogen) atoms. The molecule has 6 nitrogen and oxygen atoms in total. The largest absolute Gasteiger partial charge is 0.480 e. The zero-order valence-corrected chi connectivity index (χ0v) is 11.8. The minimum absolute atomic E-state index is 0.116. The summed E-state index contributed by atoms with van der Waals surface area (Å²) in [7, 11) is 0. The van der Waals surface area contributed by atoms with Gasteiger partial charge in [-0.15, -0.1) is 0 Å². The molecule has 1 aliphatic rings. The molecule has 0 bridgehead atoms. The van der Waals surface area contributed by atoms with E-state index in [4.69, 9.17) is 5.11 Å². The maximum absolute atomic E-state index is 11.8. The van der Waals surface area contributed by atoms with Gasteiger partial charge in [-0.2, -0.15) is 0 Å². The number of carbonyl (C=O) groups excluding carboxylic acids is 1. The third-order valence-electron chi connectivity index (χ3n) is 3.47. The van der Waals surface area contributed by atoms with Gasteiger partial charge in [0.2, 0.25) is 0 Å². The van der Waals surface area contributed by atoms with Gasteiger partial charge >= 0.3 is 12.0 Å². The van der Waals surface area contributed by atoms with Crippen molar-refractivity contribution in [3.8, 4) is 0 Å². The van der Waals surface area contributed by atoms with Crippen molar-refractivity contribution in [1.29, 1.82) is 0 Å². The van der Waals surface area contributed by atoms with Crippen LogP contribution in [0.1, 0.15) is 39.5 Å². The molecule has 0 saturated carbocycles. The normalized spacial score (nSPS) is 21.7. The molecular weight excluding hydrogens is 246 g/mol. The van der Waals surface area contributed by atoms with Crippen LogP contribution in [0.25, 0.3) is 0 Å². The van der Waals surface area contributed by atoms with Crippen LogP contribution in [0.2, 0.25) is 0 Å². The van der Waals surface area contributed by atoms with Crippen molar-refractivity contribution >= 4 is 12.0 Å². The zero-order chi connectivity index (χ0) is 14.3. The number of likely N-dealkylation sites (N-methyl/N-ethyl adjacent to an activating group) is 1. The van der Waals surface area contributed by atoms with Gasteiger partial charge in [0.25, 0.3) is 0 Å². The van der Waals surface area contributed by atoms with Gasteiger partial charge in [0.05, 0.1) is 0 Å². The van der Waals surface area contributed by atoms with Crippen molar-refractivity contribution in [2.45, 2.75) is 51.6 Å². The van der Waals surface area contributed by atoms with Gasteiger partial charge in [-0.05, 0) is 32.4 Å². The first-order valence-electron chi connectivity index (χ1n) is 7.09. The molecule has 0 radical (unpaired) electrons. The molecule has 0 aromatic rings. The average Bonchev–Trinajstić information content (AvgIpc) is 2.38. The van der Waals surface area contributed by atoms with Crippen molar-refractivity contribution in [3.63, 3.8) is 0 Å². The lowest BCUT2D eigenvalue weighted by Crippen LogP contribution is -2.53. The van der Waals surface area contributed by atoms with Crippen LogP contribution in [0, 0.1) is 0 Å². The molecule has 1 unspecified atom stereocenters. The van der Waals surface area contributed by atoms with Gasteiger partial charge in [-0.25, -0.2) is 9.59 Å². The quantitative estimate of drug-likeness (QED) is 0.674. The van der Waals surface area contributed by atoms with Crippen LogP contribution < -0.4 is 10.6 Å². The number of nitrogens with one attached hydrogen (secondary N) is 2. The number of hydrogen-bond donors (Lipinski definition) is 3. The summed E-state index contributed by atoms with van der Waals surface area (Å²) in [6.07, 6.45) is 3.20. The second kappa shape index (κ2) is 7.99. The van der Waals surface area contributed by atoms with Crippen LogP contribution in [0.3, 0.4) is 0 Å². The molecule has 6 heteroatoms. The summed E-state index contributed by atoms with van der Waals surface area (Å²) < 4.78 is 0. The summed E-state index contributed by atoms with van der Waals surface area (Å²) in [5, 5.41) is 14.4. The highest BCUT2D eigenvalue weighted by atomic mass is 16.4. The van der Waals surface area contributed by atoms with Crippen LogP contribution in [-0.2, 0) is 4.79 Å². The van der Waals surface area contributed by atoms with E-state index >= 15 is 0 Å². The van der Waals surface area contributed by atoms with Crippen LogP contribution in [0.15, 0.2) is 0 Å². The second-order valence-electron chi connectivity index (χ2n) is 5.03. The number of hydrogen-bond acceptors (Lipinski definition) is 3. The summed E-state index contributed by atoms with van der Waals surface area (Å²) in [6.45, 7) is 6.90. The number of rotatable bonds is 6. The maximum Gasteiger partial charge on any atom is 0.326 e. The van der Waals surface area contributed by atoms with E-state index < -0.39 is 12.0 Å². The molecule has 1 rings (SSSR count). The fourth-order valence-electron chi connectivity index (χ4n) is 2.39. The van der Waals surface area contributed by atoms with E-state index in [0.717, 1.165) is 38.9 Å². The first kappa shape index (κ1) is 15.8. The van der Waals surface area contributed by atoms with Gasteiger partial charge in [-0.3, -0.25) is 0 Å². The number of urea groups is 1. The molecule has 0 aromatic carbocycles. The highest BCUT2D eigenvalue weighted by Crippen LogP contribution is 2.09. The lowest BCUT2D eigenvalue weighted by Gasteiger charge is -2.32. The van der Waals surface area contributed by atoms with Gasteiger partial charge in [0, 0.05) is 12.6 Å². The molecule has 3 N–H and O–H groups in total. The van der Waals surface area contributed by atoms with E-state index in [2.05, 4.69) is 22.5 Å². The average molecular weight is 271 g/mol. The minimum atomic E-state index is -0.976. The smallest absolute Gasteiger partial charge is 0.326 e. The van der Waals surface area contributed by atoms with Gasteiger partial charge < -0.3 is 20.6 Å². The third-order valence-corrected chi connectivity index (χ3v) is 3.47. The van der Waals surface area contributed by atoms with Gasteiger partial charge in [0.1, 0.15) is 6.04 Å². The summed E-state index contributed by atoms with van der Waals surface area (Å²) in [4.78, 5) is 25.0. The topological polar surface area (TPSA) is 81.7 Å². The SMILES string of the molecule is CCC[C@@H](NC(=O)NC1CCCN(CC)C1)C(=O)O. The Balaban J connectivity index is 2.39. The Kier molecular flexibility index (Phi) is 6.62. The molecule has 0 aliphatic carbocycles. The highest BCUT2D eigenvalue weighted by Gasteiger charge is 2.23. The Morgan fingerprint density at radius 2 is 2.16 bits per heavy atom. The lowest BCUT2D eigenvalue weighted by molar-refractivity contribution is -0.139. The van der Waals surface area contributed by atoms with E-state index in [9.17, 15) is 9.59 Å². The molecule has 2 atom stereocenters. The fourth-order valence-corrected chi connectivity index (χ4v) is 2.39. The van der Waals surface area contributed by atoms with Gasteiger partial charge in [0.15, 0.2) is 0 Å². The minimum Gasteiger partial charge on any atom is -0.480 e. The zero-order valence-electron chi connectivity index (χ0n) is 11.8. The van der Waals surface area contributed by atoms with Crippen LogP contribution in [0.4, 0.5) is 4.79 Å². The number of carboxylic acid groups (broad SMARTS) is 1. The van der Waals surface area contributed by atoms with E-state index in [1.54, 1.807) is 0 Å². The van der Waals surface area contributed by atoms with Crippen molar-refractivity contribution in [2.75, 3.05) is 19.6 Å². The van der Waals surface area contributed by atoms with Crippen molar-refractivity contribution in [3.05, 3.63) is 0 Å². The number of likely N-dealkylation sites (tertiary alicyclic amines) is 1. The molecule has 1 aliphatic heterocycles. The monoisotopic (exact) mass is 271 g/mol. The third kappa shape index (κ3) is 5.46. The maximum atomic E-state index is 11.8. The van der Waals surface area contributed by atoms with Crippen molar-refractivity contribution in [1.82, 2.24) is 15.5 Å². The summed E-state index contributed by atoms with van der Waals surface area (Å²) >= 11 is 0. The number of aliphatic carboxylic acids is 1. The Hall–Kier alpha value is -1.30. The summed E-state index contributed by atoms with van der Waals surface area (Å²) in [5.74, 6) is -0.976. The first-order valence-corrected chi connectivity index (χ1v) is 7.09. The van der Waals surface area contributed by atoms with E-state index in [1.807, 2.05) is 6.92 Å². The van der Waals surface area contributed by atoms with E-state index in [0.29, 0.717) is 6.42 Å². The van der Waals surface area contributed by atoms with Crippen molar-refractivity contribution < 1.29 is 14.7 Å². The molecule has 1 fully saturated rings. The van der Waals surface area contributed by atoms with Crippen LogP contribution in [0.5, 0.6) is 0 Å². The number of nitrogens with zero attached hydrogens (tertiary/aromatic N) is 1. The Morgan fingerprint density at radius 1 is 1.42 bits per heavy atom. The molecule has 0 aromatic heterocycles. The molecule has 1 heterocycles. The predicted octanol–water partition coefficient (Wildman–Crippen LogP) is 1.02. The number of carbonyl (C=O) groups is 2. The number of amides is 2. The fraction of sp³-hybridized carbons (Fsp3) is 0.846. The predicted molar refractivity (Wildman–Crippen MR) is 73.1 cm³/mol. The summed E-state index contributed by atoms with van der Waals surface area (Å²) in [6, 6.07) is -1.05. The van der Waals surface area contributed by atoms with Gasteiger partial charge in [-0.1, -0.05) is 20.3 Å². The Morgan fingerprint density at radius 3 is 2.74 bits per heavy atom. The Bertz CT molecular complexity index is 310. The Labute approximate surface area is 114 Å². The first-order chi connectivity index (χ1) is 9.06.